The van der Waals surface area contributed by atoms with Crippen molar-refractivity contribution in [3.8, 4) is 0 Å². The van der Waals surface area contributed by atoms with E-state index in [9.17, 15) is 29.4 Å². The first-order chi connectivity index (χ1) is 22.3. The Kier molecular flexibility index (Phi) is 10.0. The van der Waals surface area contributed by atoms with Crippen LogP contribution in [0.15, 0.2) is 146 Å². The van der Waals surface area contributed by atoms with Crippen LogP contribution in [0.5, 0.6) is 0 Å². The van der Waals surface area contributed by atoms with Crippen molar-refractivity contribution in [2.75, 3.05) is 4.90 Å². The van der Waals surface area contributed by atoms with Gasteiger partial charge in [0.05, 0.1) is 29.4 Å². The molecule has 2 N–H and O–H groups in total. The van der Waals surface area contributed by atoms with Crippen LogP contribution >= 0.6 is 11.6 Å². The summed E-state index contributed by atoms with van der Waals surface area (Å²) in [4.78, 5) is 50.9. The molecule has 0 bridgehead atoms. The molecule has 5 aromatic carbocycles. The highest BCUT2D eigenvalue weighted by atomic mass is 35.5. The third-order valence-electron chi connectivity index (χ3n) is 7.89. The summed E-state index contributed by atoms with van der Waals surface area (Å²) in [5.41, 5.74) is 3.20. The molecule has 1 aliphatic heterocycles. The molecule has 0 saturated carbocycles. The predicted octanol–water partition coefficient (Wildman–Crippen LogP) is 7.50. The number of rotatable bonds is 8. The van der Waals surface area contributed by atoms with Gasteiger partial charge in [-0.05, 0) is 46.5 Å². The molecule has 4 atom stereocenters. The van der Waals surface area contributed by atoms with E-state index in [-0.39, 0.29) is 11.8 Å². The Bertz CT molecular complexity index is 1690. The maximum absolute atomic E-state index is 13.3. The standard InChI is InChI=1S/C22H16ClNO2.C16H14O4/c23-17-11-13-18(14-12-17)24-21(25)19(15-7-3-1-4-8-15)20(22(24)26)16-9-5-2-6-10-16;17-15(18)13(11-7-3-1-4-8-11)14(16(19)20)12-9-5-2-6-10-12/h1-14,19-20H;1-10,13-14H,(H,17,18)(H,19,20). The molecular formula is C38H30ClNO6. The monoisotopic (exact) mass is 631 g/mol. The molecule has 7 nitrogen and oxygen atoms in total. The average molecular weight is 632 g/mol. The molecule has 230 valence electrons. The summed E-state index contributed by atoms with van der Waals surface area (Å²) in [5.74, 6) is -6.02. The Morgan fingerprint density at radius 1 is 0.522 bits per heavy atom. The van der Waals surface area contributed by atoms with Gasteiger partial charge in [-0.1, -0.05) is 133 Å². The van der Waals surface area contributed by atoms with Gasteiger partial charge in [0.2, 0.25) is 11.8 Å². The van der Waals surface area contributed by atoms with E-state index >= 15 is 0 Å². The number of hydrogen-bond donors (Lipinski definition) is 2. The van der Waals surface area contributed by atoms with Crippen molar-refractivity contribution in [3.63, 3.8) is 0 Å². The lowest BCUT2D eigenvalue weighted by atomic mass is 9.81. The molecule has 1 fully saturated rings. The van der Waals surface area contributed by atoms with Crippen molar-refractivity contribution in [2.24, 2.45) is 0 Å². The molecular weight excluding hydrogens is 602 g/mol. The summed E-state index contributed by atoms with van der Waals surface area (Å²) in [6.07, 6.45) is 0. The highest BCUT2D eigenvalue weighted by Crippen LogP contribution is 2.43. The van der Waals surface area contributed by atoms with Gasteiger partial charge < -0.3 is 10.2 Å². The lowest BCUT2D eigenvalue weighted by Gasteiger charge is -2.21. The molecule has 0 aromatic heterocycles. The smallest absolute Gasteiger partial charge is 0.312 e. The molecule has 5 aromatic rings. The Hall–Kier alpha value is -5.53. The first-order valence-corrected chi connectivity index (χ1v) is 14.9. The molecule has 6 rings (SSSR count). The fourth-order valence-corrected chi connectivity index (χ4v) is 5.91. The van der Waals surface area contributed by atoms with E-state index in [1.165, 1.54) is 4.90 Å². The number of carbonyl (C=O) groups excluding carboxylic acids is 2. The molecule has 46 heavy (non-hydrogen) atoms. The van der Waals surface area contributed by atoms with Gasteiger partial charge in [-0.3, -0.25) is 19.2 Å². The number of anilines is 1. The SMILES string of the molecule is O=C(O)C(c1ccccc1)C(C(=O)O)c1ccccc1.O=C1C(c2ccccc2)C(c2ccccc2)C(=O)N1c1ccc(Cl)cc1. The van der Waals surface area contributed by atoms with E-state index in [2.05, 4.69) is 0 Å². The Morgan fingerprint density at radius 2 is 0.848 bits per heavy atom. The van der Waals surface area contributed by atoms with Gasteiger partial charge in [-0.25, -0.2) is 4.90 Å². The third-order valence-corrected chi connectivity index (χ3v) is 8.14. The maximum Gasteiger partial charge on any atom is 0.312 e. The average Bonchev–Trinajstić information content (AvgIpc) is 3.34. The van der Waals surface area contributed by atoms with Gasteiger partial charge in [-0.2, -0.15) is 0 Å². The van der Waals surface area contributed by atoms with Gasteiger partial charge in [0.1, 0.15) is 0 Å². The minimum absolute atomic E-state index is 0.211. The molecule has 0 radical (unpaired) electrons. The summed E-state index contributed by atoms with van der Waals surface area (Å²) < 4.78 is 0. The van der Waals surface area contributed by atoms with Gasteiger partial charge in [0.25, 0.3) is 0 Å². The number of carbonyl (C=O) groups is 4. The van der Waals surface area contributed by atoms with Crippen LogP contribution in [-0.2, 0) is 19.2 Å². The first kappa shape index (κ1) is 31.9. The molecule has 8 heteroatoms. The van der Waals surface area contributed by atoms with Gasteiger partial charge in [0, 0.05) is 5.02 Å². The highest BCUT2D eigenvalue weighted by Gasteiger charge is 2.49. The van der Waals surface area contributed by atoms with Crippen LogP contribution < -0.4 is 4.90 Å². The molecule has 2 amide bonds. The van der Waals surface area contributed by atoms with Gasteiger partial charge in [0.15, 0.2) is 0 Å². The van der Waals surface area contributed by atoms with Gasteiger partial charge >= 0.3 is 11.9 Å². The summed E-state index contributed by atoms with van der Waals surface area (Å²) >= 11 is 5.95. The summed E-state index contributed by atoms with van der Waals surface area (Å²) in [6, 6.07) is 42.6. The van der Waals surface area contributed by atoms with E-state index in [1.54, 1.807) is 84.9 Å². The number of hydrogen-bond acceptors (Lipinski definition) is 4. The molecule has 1 aliphatic rings. The second kappa shape index (κ2) is 14.5. The number of carboxylic acid groups (broad SMARTS) is 2. The lowest BCUT2D eigenvalue weighted by molar-refractivity contribution is -0.147. The molecule has 1 saturated heterocycles. The Morgan fingerprint density at radius 3 is 1.17 bits per heavy atom. The predicted molar refractivity (Wildman–Crippen MR) is 176 cm³/mol. The van der Waals surface area contributed by atoms with Crippen LogP contribution in [0.25, 0.3) is 0 Å². The van der Waals surface area contributed by atoms with Crippen LogP contribution in [0, 0.1) is 0 Å². The van der Waals surface area contributed by atoms with Crippen molar-refractivity contribution in [1.29, 1.82) is 0 Å². The Labute approximate surface area is 271 Å². The van der Waals surface area contributed by atoms with Crippen molar-refractivity contribution >= 4 is 41.0 Å². The lowest BCUT2D eigenvalue weighted by Crippen LogP contribution is -2.30. The number of halogens is 1. The van der Waals surface area contributed by atoms with Crippen molar-refractivity contribution in [2.45, 2.75) is 23.7 Å². The zero-order valence-corrected chi connectivity index (χ0v) is 25.3. The number of nitrogens with zero attached hydrogens (tertiary/aromatic N) is 1. The van der Waals surface area contributed by atoms with Crippen LogP contribution in [0.2, 0.25) is 5.02 Å². The highest BCUT2D eigenvalue weighted by molar-refractivity contribution is 6.31. The quantitative estimate of drug-likeness (QED) is 0.172. The third kappa shape index (κ3) is 6.90. The summed E-state index contributed by atoms with van der Waals surface area (Å²) in [5, 5.41) is 19.5. The topological polar surface area (TPSA) is 112 Å². The fourth-order valence-electron chi connectivity index (χ4n) is 5.78. The second-order valence-electron chi connectivity index (χ2n) is 10.7. The number of imide groups is 1. The zero-order chi connectivity index (χ0) is 32.6. The molecule has 0 spiro atoms. The van der Waals surface area contributed by atoms with Crippen LogP contribution in [-0.4, -0.2) is 34.0 Å². The number of amides is 2. The number of aliphatic carboxylic acids is 2. The van der Waals surface area contributed by atoms with Crippen LogP contribution in [0.1, 0.15) is 45.9 Å². The van der Waals surface area contributed by atoms with E-state index in [0.717, 1.165) is 11.1 Å². The Balaban J connectivity index is 0.000000188. The number of carboxylic acids is 2. The zero-order valence-electron chi connectivity index (χ0n) is 24.5. The van der Waals surface area contributed by atoms with E-state index in [0.29, 0.717) is 21.8 Å². The maximum atomic E-state index is 13.3. The van der Waals surface area contributed by atoms with Crippen LogP contribution in [0.3, 0.4) is 0 Å². The van der Waals surface area contributed by atoms with Crippen molar-refractivity contribution in [1.82, 2.24) is 0 Å². The summed E-state index contributed by atoms with van der Waals surface area (Å²) in [7, 11) is 0. The molecule has 4 unspecified atom stereocenters. The largest absolute Gasteiger partial charge is 0.481 e. The summed E-state index contributed by atoms with van der Waals surface area (Å²) in [6.45, 7) is 0. The first-order valence-electron chi connectivity index (χ1n) is 14.6. The molecule has 1 heterocycles. The molecule has 0 aliphatic carbocycles. The second-order valence-corrected chi connectivity index (χ2v) is 11.2. The normalized spacial score (nSPS) is 17.0. The van der Waals surface area contributed by atoms with Crippen molar-refractivity contribution < 1.29 is 29.4 Å². The number of benzene rings is 5. The van der Waals surface area contributed by atoms with E-state index in [4.69, 9.17) is 11.6 Å². The minimum atomic E-state index is -1.15. The fraction of sp³-hybridized carbons (Fsp3) is 0.105. The van der Waals surface area contributed by atoms with Crippen molar-refractivity contribution in [3.05, 3.63) is 173 Å². The minimum Gasteiger partial charge on any atom is -0.481 e. The van der Waals surface area contributed by atoms with Crippen LogP contribution in [0.4, 0.5) is 5.69 Å². The van der Waals surface area contributed by atoms with E-state index in [1.807, 2.05) is 60.7 Å². The van der Waals surface area contributed by atoms with Gasteiger partial charge in [-0.15, -0.1) is 0 Å². The van der Waals surface area contributed by atoms with E-state index < -0.39 is 35.6 Å².